The fourth-order valence-corrected chi connectivity index (χ4v) is 3.80. The van der Waals surface area contributed by atoms with Crippen LogP contribution in [0.3, 0.4) is 0 Å². The third-order valence-electron chi connectivity index (χ3n) is 7.71. The molecule has 0 radical (unpaired) electrons. The molecule has 4 nitrogen and oxygen atoms in total. The van der Waals surface area contributed by atoms with Crippen molar-refractivity contribution in [2.45, 2.75) is 106 Å². The number of ether oxygens (including phenoxy) is 2. The quantitative estimate of drug-likeness (QED) is 0.363. The molecule has 4 heteroatoms. The normalized spacial score (nSPS) is 20.6. The summed E-state index contributed by atoms with van der Waals surface area (Å²) in [5.74, 6) is -0.268. The van der Waals surface area contributed by atoms with Gasteiger partial charge < -0.3 is 9.47 Å². The van der Waals surface area contributed by atoms with Gasteiger partial charge in [0.2, 0.25) is 0 Å². The Labute approximate surface area is 173 Å². The highest BCUT2D eigenvalue weighted by molar-refractivity contribution is 5.75. The molecule has 0 saturated heterocycles. The third-order valence-corrected chi connectivity index (χ3v) is 7.71. The van der Waals surface area contributed by atoms with Crippen LogP contribution in [-0.2, 0) is 19.1 Å². The predicted molar refractivity (Wildman–Crippen MR) is 114 cm³/mol. The molecule has 28 heavy (non-hydrogen) atoms. The highest BCUT2D eigenvalue weighted by atomic mass is 16.5. The van der Waals surface area contributed by atoms with Gasteiger partial charge in [-0.05, 0) is 49.4 Å². The predicted octanol–water partition coefficient (Wildman–Crippen LogP) is 6.31. The van der Waals surface area contributed by atoms with Crippen molar-refractivity contribution in [3.05, 3.63) is 0 Å². The summed E-state index contributed by atoms with van der Waals surface area (Å²) in [7, 11) is 0. The molecule has 0 unspecified atom stereocenters. The Morgan fingerprint density at radius 2 is 0.964 bits per heavy atom. The summed E-state index contributed by atoms with van der Waals surface area (Å²) in [5, 5.41) is 0. The Bertz CT molecular complexity index is 425. The van der Waals surface area contributed by atoms with Crippen LogP contribution < -0.4 is 0 Å². The maximum absolute atomic E-state index is 12.3. The number of rotatable bonds is 12. The van der Waals surface area contributed by atoms with E-state index in [0.717, 1.165) is 64.2 Å². The van der Waals surface area contributed by atoms with Crippen molar-refractivity contribution in [2.75, 3.05) is 13.2 Å². The van der Waals surface area contributed by atoms with Crippen LogP contribution in [0.5, 0.6) is 0 Å². The molecule has 0 aromatic carbocycles. The van der Waals surface area contributed by atoms with E-state index in [1.165, 1.54) is 0 Å². The molecule has 0 aliphatic heterocycles. The molecule has 1 aliphatic carbocycles. The lowest BCUT2D eigenvalue weighted by Gasteiger charge is -2.29. The van der Waals surface area contributed by atoms with Gasteiger partial charge in [-0.25, -0.2) is 0 Å². The van der Waals surface area contributed by atoms with Crippen LogP contribution in [0.2, 0.25) is 0 Å². The van der Waals surface area contributed by atoms with E-state index in [0.29, 0.717) is 13.2 Å². The molecule has 1 aliphatic rings. The van der Waals surface area contributed by atoms with Gasteiger partial charge in [-0.1, -0.05) is 67.2 Å². The molecule has 1 fully saturated rings. The van der Waals surface area contributed by atoms with E-state index in [1.807, 2.05) is 0 Å². The first kappa shape index (κ1) is 25.0. The Hall–Kier alpha value is -1.06. The Morgan fingerprint density at radius 3 is 1.21 bits per heavy atom. The van der Waals surface area contributed by atoms with Crippen LogP contribution in [-0.4, -0.2) is 25.2 Å². The molecule has 0 bridgehead atoms. The van der Waals surface area contributed by atoms with Crippen LogP contribution in [0.1, 0.15) is 106 Å². The van der Waals surface area contributed by atoms with Crippen LogP contribution in [0.15, 0.2) is 0 Å². The van der Waals surface area contributed by atoms with Crippen LogP contribution in [0.25, 0.3) is 0 Å². The van der Waals surface area contributed by atoms with Gasteiger partial charge in [-0.2, -0.15) is 0 Å². The zero-order chi connectivity index (χ0) is 21.2. The summed E-state index contributed by atoms with van der Waals surface area (Å²) in [5.41, 5.74) is 0.515. The smallest absolute Gasteiger partial charge is 0.308 e. The summed E-state index contributed by atoms with van der Waals surface area (Å²) >= 11 is 0. The number of hydrogen-bond acceptors (Lipinski definition) is 4. The van der Waals surface area contributed by atoms with E-state index < -0.39 is 0 Å². The van der Waals surface area contributed by atoms with Gasteiger partial charge >= 0.3 is 11.9 Å². The molecule has 0 N–H and O–H groups in total. The Morgan fingerprint density at radius 1 is 0.679 bits per heavy atom. The van der Waals surface area contributed by atoms with Gasteiger partial charge in [0.05, 0.1) is 25.0 Å². The lowest BCUT2D eigenvalue weighted by Crippen LogP contribution is -2.29. The minimum absolute atomic E-state index is 0.0537. The van der Waals surface area contributed by atoms with Gasteiger partial charge in [0.15, 0.2) is 0 Å². The van der Waals surface area contributed by atoms with Gasteiger partial charge in [0, 0.05) is 0 Å². The fourth-order valence-electron chi connectivity index (χ4n) is 3.80. The monoisotopic (exact) mass is 396 g/mol. The Balaban J connectivity index is 2.30. The maximum Gasteiger partial charge on any atom is 0.308 e. The van der Waals surface area contributed by atoms with E-state index in [2.05, 4.69) is 41.5 Å². The van der Waals surface area contributed by atoms with Gasteiger partial charge in [0.25, 0.3) is 0 Å². The molecule has 1 rings (SSSR count). The average Bonchev–Trinajstić information content (AvgIpc) is 2.73. The van der Waals surface area contributed by atoms with E-state index >= 15 is 0 Å². The SMILES string of the molecule is CCC(C)(CC)CCOC(=O)C1CCC(C(=O)OCCC(C)(CC)CC)CC1. The third kappa shape index (κ3) is 7.75. The molecule has 0 spiro atoms. The molecule has 0 aromatic heterocycles. The Kier molecular flexibility index (Phi) is 10.5. The van der Waals surface area contributed by atoms with E-state index in [4.69, 9.17) is 9.47 Å². The molecule has 164 valence electrons. The maximum atomic E-state index is 12.3. The first-order valence-electron chi connectivity index (χ1n) is 11.6. The van der Waals surface area contributed by atoms with Crippen LogP contribution >= 0.6 is 0 Å². The van der Waals surface area contributed by atoms with E-state index in [9.17, 15) is 9.59 Å². The summed E-state index contributed by atoms with van der Waals surface area (Å²) in [6.07, 6.45) is 9.18. The second-order valence-corrected chi connectivity index (χ2v) is 9.42. The summed E-state index contributed by atoms with van der Waals surface area (Å²) in [4.78, 5) is 24.7. The average molecular weight is 397 g/mol. The summed E-state index contributed by atoms with van der Waals surface area (Å²) < 4.78 is 11.1. The first-order chi connectivity index (χ1) is 13.2. The van der Waals surface area contributed by atoms with E-state index in [1.54, 1.807) is 0 Å². The van der Waals surface area contributed by atoms with Crippen molar-refractivity contribution < 1.29 is 19.1 Å². The second kappa shape index (κ2) is 11.8. The molecule has 0 atom stereocenters. The van der Waals surface area contributed by atoms with Crippen LogP contribution in [0, 0.1) is 22.7 Å². The molecular weight excluding hydrogens is 352 g/mol. The lowest BCUT2D eigenvalue weighted by molar-refractivity contribution is -0.156. The van der Waals surface area contributed by atoms with Crippen molar-refractivity contribution in [3.8, 4) is 0 Å². The zero-order valence-electron chi connectivity index (χ0n) is 19.3. The van der Waals surface area contributed by atoms with Crippen molar-refractivity contribution in [3.63, 3.8) is 0 Å². The van der Waals surface area contributed by atoms with Gasteiger partial charge in [0.1, 0.15) is 0 Å². The number of carbonyl (C=O) groups excluding carboxylic acids is 2. The van der Waals surface area contributed by atoms with Crippen LogP contribution in [0.4, 0.5) is 0 Å². The largest absolute Gasteiger partial charge is 0.465 e. The zero-order valence-corrected chi connectivity index (χ0v) is 19.3. The molecular formula is C24H44O4. The van der Waals surface area contributed by atoms with Gasteiger partial charge in [-0.15, -0.1) is 0 Å². The van der Waals surface area contributed by atoms with Crippen molar-refractivity contribution in [2.24, 2.45) is 22.7 Å². The minimum Gasteiger partial charge on any atom is -0.465 e. The van der Waals surface area contributed by atoms with Crippen molar-refractivity contribution in [1.29, 1.82) is 0 Å². The summed E-state index contributed by atoms with van der Waals surface area (Å²) in [6, 6.07) is 0. The number of carbonyl (C=O) groups is 2. The molecule has 1 saturated carbocycles. The highest BCUT2D eigenvalue weighted by Crippen LogP contribution is 2.33. The molecule has 0 amide bonds. The number of hydrogen-bond donors (Lipinski definition) is 0. The topological polar surface area (TPSA) is 52.6 Å². The second-order valence-electron chi connectivity index (χ2n) is 9.42. The fraction of sp³-hybridized carbons (Fsp3) is 0.917. The first-order valence-corrected chi connectivity index (χ1v) is 11.6. The van der Waals surface area contributed by atoms with Gasteiger partial charge in [-0.3, -0.25) is 9.59 Å². The van der Waals surface area contributed by atoms with E-state index in [-0.39, 0.29) is 34.6 Å². The number of esters is 2. The lowest BCUT2D eigenvalue weighted by atomic mass is 9.81. The minimum atomic E-state index is -0.0805. The van der Waals surface area contributed by atoms with Crippen molar-refractivity contribution >= 4 is 11.9 Å². The summed E-state index contributed by atoms with van der Waals surface area (Å²) in [6.45, 7) is 14.3. The standard InChI is InChI=1S/C24H44O4/c1-7-23(5,8-2)15-17-27-21(25)19-11-13-20(14-12-19)22(26)28-18-16-24(6,9-3)10-4/h19-20H,7-18H2,1-6H3. The molecule has 0 heterocycles. The highest BCUT2D eigenvalue weighted by Gasteiger charge is 2.32. The van der Waals surface area contributed by atoms with Crippen molar-refractivity contribution in [1.82, 2.24) is 0 Å². The molecule has 0 aromatic rings.